The van der Waals surface area contributed by atoms with Crippen LogP contribution in [0.5, 0.6) is 0 Å². The number of nitrogens with one attached hydrogen (secondary N) is 2. The Hall–Kier alpha value is -2.49. The van der Waals surface area contributed by atoms with Crippen LogP contribution in [0.2, 0.25) is 0 Å². The summed E-state index contributed by atoms with van der Waals surface area (Å²) in [6.45, 7) is 2.15. The lowest BCUT2D eigenvalue weighted by atomic mass is 10.0. The normalized spacial score (nSPS) is 11.5. The molecule has 0 bridgehead atoms. The van der Waals surface area contributed by atoms with E-state index in [-0.39, 0.29) is 6.04 Å². The summed E-state index contributed by atoms with van der Waals surface area (Å²) in [5, 5.41) is 6.12. The maximum atomic E-state index is 11.1. The monoisotopic (exact) mass is 284 g/mol. The molecule has 0 aliphatic rings. The van der Waals surface area contributed by atoms with Crippen molar-refractivity contribution in [3.05, 3.63) is 60.2 Å². The van der Waals surface area contributed by atoms with Gasteiger partial charge in [-0.1, -0.05) is 37.3 Å². The van der Waals surface area contributed by atoms with Crippen LogP contribution in [0, 0.1) is 0 Å². The summed E-state index contributed by atoms with van der Waals surface area (Å²) in [6, 6.07) is 18.2. The number of benzene rings is 2. The maximum absolute atomic E-state index is 11.1. The van der Waals surface area contributed by atoms with E-state index in [9.17, 15) is 4.79 Å². The van der Waals surface area contributed by atoms with E-state index in [0.717, 1.165) is 12.1 Å². The molecule has 0 saturated carbocycles. The van der Waals surface area contributed by atoms with E-state index in [0.29, 0.717) is 5.69 Å². The number of methoxy groups -OCH3 is 1. The van der Waals surface area contributed by atoms with Crippen molar-refractivity contribution in [2.45, 2.75) is 19.4 Å². The highest BCUT2D eigenvalue weighted by Crippen LogP contribution is 2.23. The number of amides is 1. The first-order valence-electron chi connectivity index (χ1n) is 6.99. The lowest BCUT2D eigenvalue weighted by molar-refractivity contribution is 0.187. The molecule has 0 aliphatic heterocycles. The fraction of sp³-hybridized carbons (Fsp3) is 0.235. The van der Waals surface area contributed by atoms with Gasteiger partial charge in [0.1, 0.15) is 0 Å². The Kier molecular flexibility index (Phi) is 5.21. The molecular weight excluding hydrogens is 264 g/mol. The minimum absolute atomic E-state index is 0.269. The topological polar surface area (TPSA) is 50.4 Å². The van der Waals surface area contributed by atoms with Gasteiger partial charge in [-0.3, -0.25) is 5.32 Å². The van der Waals surface area contributed by atoms with Crippen LogP contribution < -0.4 is 10.6 Å². The van der Waals surface area contributed by atoms with Gasteiger partial charge in [0.05, 0.1) is 13.2 Å². The summed E-state index contributed by atoms with van der Waals surface area (Å²) in [7, 11) is 1.34. The van der Waals surface area contributed by atoms with Gasteiger partial charge in [0, 0.05) is 11.4 Å². The molecule has 1 amide bonds. The van der Waals surface area contributed by atoms with E-state index >= 15 is 0 Å². The van der Waals surface area contributed by atoms with Crippen molar-refractivity contribution >= 4 is 17.5 Å². The molecule has 1 unspecified atom stereocenters. The van der Waals surface area contributed by atoms with Crippen LogP contribution in [-0.2, 0) is 4.74 Å². The third-order valence-corrected chi connectivity index (χ3v) is 3.27. The Morgan fingerprint density at radius 3 is 2.24 bits per heavy atom. The molecule has 0 radical (unpaired) electrons. The first-order valence-corrected chi connectivity index (χ1v) is 6.99. The molecule has 2 aromatic rings. The van der Waals surface area contributed by atoms with E-state index in [1.54, 1.807) is 0 Å². The number of anilines is 2. The molecule has 2 aromatic carbocycles. The zero-order chi connectivity index (χ0) is 15.1. The zero-order valence-corrected chi connectivity index (χ0v) is 12.3. The molecule has 0 aliphatic carbocycles. The minimum atomic E-state index is -0.466. The Morgan fingerprint density at radius 2 is 1.67 bits per heavy atom. The second-order valence-corrected chi connectivity index (χ2v) is 4.71. The van der Waals surface area contributed by atoms with Gasteiger partial charge in [-0.25, -0.2) is 4.79 Å². The standard InChI is InChI=1S/C17H20N2O2/c1-3-16(13-7-5-4-6-8-13)18-14-9-11-15(12-10-14)19-17(20)21-2/h4-12,16,18H,3H2,1-2H3,(H,19,20). The fourth-order valence-corrected chi connectivity index (χ4v) is 2.13. The molecule has 1 atom stereocenters. The molecule has 4 heteroatoms. The third kappa shape index (κ3) is 4.24. The number of rotatable bonds is 5. The molecule has 0 spiro atoms. The Morgan fingerprint density at radius 1 is 1.05 bits per heavy atom. The minimum Gasteiger partial charge on any atom is -0.453 e. The molecule has 0 aromatic heterocycles. The summed E-state index contributed by atoms with van der Waals surface area (Å²) in [6.07, 6.45) is 0.526. The van der Waals surface area contributed by atoms with E-state index in [1.807, 2.05) is 42.5 Å². The Labute approximate surface area is 125 Å². The van der Waals surface area contributed by atoms with Gasteiger partial charge in [0.2, 0.25) is 0 Å². The van der Waals surface area contributed by atoms with Gasteiger partial charge in [0.25, 0.3) is 0 Å². The van der Waals surface area contributed by atoms with Gasteiger partial charge in [-0.05, 0) is 36.2 Å². The van der Waals surface area contributed by atoms with Crippen molar-refractivity contribution in [2.75, 3.05) is 17.7 Å². The molecule has 4 nitrogen and oxygen atoms in total. The fourth-order valence-electron chi connectivity index (χ4n) is 2.13. The van der Waals surface area contributed by atoms with Crippen molar-refractivity contribution < 1.29 is 9.53 Å². The molecule has 110 valence electrons. The van der Waals surface area contributed by atoms with Crippen molar-refractivity contribution in [1.29, 1.82) is 0 Å². The number of ether oxygens (including phenoxy) is 1. The second kappa shape index (κ2) is 7.33. The van der Waals surface area contributed by atoms with E-state index in [2.05, 4.69) is 34.4 Å². The number of hydrogen-bond acceptors (Lipinski definition) is 3. The van der Waals surface area contributed by atoms with Crippen molar-refractivity contribution in [3.8, 4) is 0 Å². The lowest BCUT2D eigenvalue weighted by Gasteiger charge is -2.19. The van der Waals surface area contributed by atoms with E-state index < -0.39 is 6.09 Å². The Balaban J connectivity index is 2.03. The molecular formula is C17H20N2O2. The van der Waals surface area contributed by atoms with Crippen LogP contribution in [0.1, 0.15) is 24.9 Å². The van der Waals surface area contributed by atoms with E-state index in [1.165, 1.54) is 12.7 Å². The smallest absolute Gasteiger partial charge is 0.411 e. The first-order chi connectivity index (χ1) is 10.2. The van der Waals surface area contributed by atoms with Gasteiger partial charge in [-0.2, -0.15) is 0 Å². The van der Waals surface area contributed by atoms with Crippen molar-refractivity contribution in [2.24, 2.45) is 0 Å². The van der Waals surface area contributed by atoms with Gasteiger partial charge >= 0.3 is 6.09 Å². The maximum Gasteiger partial charge on any atom is 0.411 e. The summed E-state index contributed by atoms with van der Waals surface area (Å²) in [5.74, 6) is 0. The van der Waals surface area contributed by atoms with Crippen LogP contribution in [0.3, 0.4) is 0 Å². The molecule has 0 fully saturated rings. The highest BCUT2D eigenvalue weighted by atomic mass is 16.5. The average molecular weight is 284 g/mol. The van der Waals surface area contributed by atoms with Crippen LogP contribution in [0.4, 0.5) is 16.2 Å². The number of carbonyl (C=O) groups excluding carboxylic acids is 1. The van der Waals surface area contributed by atoms with Crippen LogP contribution >= 0.6 is 0 Å². The predicted octanol–water partition coefficient (Wildman–Crippen LogP) is 4.43. The first kappa shape index (κ1) is 14.9. The van der Waals surface area contributed by atoms with Crippen molar-refractivity contribution in [1.82, 2.24) is 0 Å². The van der Waals surface area contributed by atoms with Crippen LogP contribution in [0.15, 0.2) is 54.6 Å². The van der Waals surface area contributed by atoms with Gasteiger partial charge in [0.15, 0.2) is 0 Å². The summed E-state index contributed by atoms with van der Waals surface area (Å²) in [4.78, 5) is 11.1. The van der Waals surface area contributed by atoms with Crippen LogP contribution in [-0.4, -0.2) is 13.2 Å². The molecule has 2 rings (SSSR count). The number of hydrogen-bond donors (Lipinski definition) is 2. The van der Waals surface area contributed by atoms with Crippen molar-refractivity contribution in [3.63, 3.8) is 0 Å². The molecule has 0 saturated heterocycles. The summed E-state index contributed by atoms with van der Waals surface area (Å²) in [5.41, 5.74) is 2.98. The largest absolute Gasteiger partial charge is 0.453 e. The van der Waals surface area contributed by atoms with Gasteiger partial charge in [-0.15, -0.1) is 0 Å². The predicted molar refractivity (Wildman–Crippen MR) is 85.6 cm³/mol. The second-order valence-electron chi connectivity index (χ2n) is 4.71. The molecule has 2 N–H and O–H groups in total. The highest BCUT2D eigenvalue weighted by molar-refractivity contribution is 5.84. The Bertz CT molecular complexity index is 567. The third-order valence-electron chi connectivity index (χ3n) is 3.27. The lowest BCUT2D eigenvalue weighted by Crippen LogP contribution is -2.11. The van der Waals surface area contributed by atoms with Crippen LogP contribution in [0.25, 0.3) is 0 Å². The van der Waals surface area contributed by atoms with E-state index in [4.69, 9.17) is 0 Å². The number of carbonyl (C=O) groups is 1. The van der Waals surface area contributed by atoms with Gasteiger partial charge < -0.3 is 10.1 Å². The zero-order valence-electron chi connectivity index (χ0n) is 12.3. The quantitative estimate of drug-likeness (QED) is 0.854. The summed E-state index contributed by atoms with van der Waals surface area (Å²) >= 11 is 0. The molecule has 0 heterocycles. The summed E-state index contributed by atoms with van der Waals surface area (Å²) < 4.78 is 4.56. The molecule has 21 heavy (non-hydrogen) atoms. The SMILES string of the molecule is CCC(Nc1ccc(NC(=O)OC)cc1)c1ccccc1. The highest BCUT2D eigenvalue weighted by Gasteiger charge is 2.08. The average Bonchev–Trinajstić information content (AvgIpc) is 2.54.